The van der Waals surface area contributed by atoms with Crippen LogP contribution >= 0.6 is 27.5 Å². The van der Waals surface area contributed by atoms with Gasteiger partial charge in [-0.3, -0.25) is 4.98 Å². The van der Waals surface area contributed by atoms with Crippen molar-refractivity contribution in [2.75, 3.05) is 0 Å². The topological polar surface area (TPSA) is 30.7 Å². The zero-order valence-electron chi connectivity index (χ0n) is 11.4. The number of pyridine rings is 1. The molecule has 0 saturated heterocycles. The third-order valence-corrected chi connectivity index (χ3v) is 4.01. The summed E-state index contributed by atoms with van der Waals surface area (Å²) in [5, 5.41) is 1.12. The van der Waals surface area contributed by atoms with Gasteiger partial charge >= 0.3 is 0 Å². The summed E-state index contributed by atoms with van der Waals surface area (Å²) in [6.45, 7) is 5.31. The third-order valence-electron chi connectivity index (χ3n) is 3.28. The van der Waals surface area contributed by atoms with E-state index < -0.39 is 0 Å². The second-order valence-electron chi connectivity index (χ2n) is 5.32. The summed E-state index contributed by atoms with van der Waals surface area (Å²) in [5.74, 6) is 1.86. The van der Waals surface area contributed by atoms with Crippen LogP contribution in [0.1, 0.15) is 19.7 Å². The lowest BCUT2D eigenvalue weighted by Gasteiger charge is -2.11. The minimum absolute atomic E-state index is 0.416. The zero-order valence-corrected chi connectivity index (χ0v) is 13.7. The first-order valence-corrected chi connectivity index (χ1v) is 7.92. The van der Waals surface area contributed by atoms with E-state index in [0.717, 1.165) is 38.8 Å². The van der Waals surface area contributed by atoms with Crippen molar-refractivity contribution in [3.63, 3.8) is 0 Å². The van der Waals surface area contributed by atoms with Crippen molar-refractivity contribution in [3.05, 3.63) is 34.7 Å². The zero-order chi connectivity index (χ0) is 14.3. The van der Waals surface area contributed by atoms with Gasteiger partial charge in [-0.05, 0) is 24.1 Å². The first-order valence-electron chi connectivity index (χ1n) is 6.59. The predicted molar refractivity (Wildman–Crippen MR) is 87.1 cm³/mol. The Morgan fingerprint density at radius 3 is 2.80 bits per heavy atom. The first kappa shape index (κ1) is 13.8. The average molecular weight is 353 g/mol. The van der Waals surface area contributed by atoms with Crippen molar-refractivity contribution in [1.29, 1.82) is 0 Å². The molecule has 3 rings (SSSR count). The van der Waals surface area contributed by atoms with E-state index in [2.05, 4.69) is 50.4 Å². The molecule has 3 nitrogen and oxygen atoms in total. The Kier molecular flexibility index (Phi) is 3.69. The van der Waals surface area contributed by atoms with Gasteiger partial charge in [0.15, 0.2) is 0 Å². The molecule has 104 valence electrons. The van der Waals surface area contributed by atoms with Gasteiger partial charge in [-0.15, -0.1) is 11.6 Å². The molecule has 2 aromatic heterocycles. The molecule has 0 atom stereocenters. The fraction of sp³-hybridized carbons (Fsp3) is 0.333. The van der Waals surface area contributed by atoms with Gasteiger partial charge in [0.25, 0.3) is 0 Å². The van der Waals surface area contributed by atoms with Crippen molar-refractivity contribution in [2.45, 2.75) is 26.3 Å². The second kappa shape index (κ2) is 5.34. The molecule has 0 bridgehead atoms. The molecule has 3 aromatic rings. The van der Waals surface area contributed by atoms with Crippen LogP contribution in [-0.2, 0) is 12.4 Å². The van der Waals surface area contributed by atoms with Crippen LogP contribution in [0.2, 0.25) is 0 Å². The molecule has 0 amide bonds. The lowest BCUT2D eigenvalue weighted by atomic mass is 10.1. The van der Waals surface area contributed by atoms with Gasteiger partial charge in [-0.2, -0.15) is 0 Å². The van der Waals surface area contributed by atoms with Crippen LogP contribution in [0.5, 0.6) is 0 Å². The van der Waals surface area contributed by atoms with Crippen LogP contribution in [0.4, 0.5) is 0 Å². The summed E-state index contributed by atoms with van der Waals surface area (Å²) in [6, 6.07) is 6.16. The quantitative estimate of drug-likeness (QED) is 0.637. The van der Waals surface area contributed by atoms with Gasteiger partial charge in [0.05, 0.1) is 23.1 Å². The maximum absolute atomic E-state index is 6.05. The lowest BCUT2D eigenvalue weighted by Crippen LogP contribution is -2.07. The highest BCUT2D eigenvalue weighted by Crippen LogP contribution is 2.28. The maximum Gasteiger partial charge on any atom is 0.124 e. The molecular formula is C15H15BrClN3. The monoisotopic (exact) mass is 351 g/mol. The van der Waals surface area contributed by atoms with E-state index in [1.807, 2.05) is 18.3 Å². The van der Waals surface area contributed by atoms with Crippen LogP contribution in [-0.4, -0.2) is 14.5 Å². The highest BCUT2D eigenvalue weighted by atomic mass is 79.9. The van der Waals surface area contributed by atoms with Gasteiger partial charge in [0, 0.05) is 16.4 Å². The fourth-order valence-electron chi connectivity index (χ4n) is 2.50. The van der Waals surface area contributed by atoms with Gasteiger partial charge in [0.1, 0.15) is 11.3 Å². The SMILES string of the molecule is CC(C)Cn1c(CCl)nc2cnc3cc(Br)ccc3c21. The molecule has 5 heteroatoms. The minimum Gasteiger partial charge on any atom is -0.326 e. The molecule has 0 radical (unpaired) electrons. The minimum atomic E-state index is 0.416. The lowest BCUT2D eigenvalue weighted by molar-refractivity contribution is 0.523. The van der Waals surface area contributed by atoms with Crippen LogP contribution in [0.15, 0.2) is 28.9 Å². The molecule has 0 fully saturated rings. The molecule has 20 heavy (non-hydrogen) atoms. The number of halogens is 2. The van der Waals surface area contributed by atoms with E-state index in [9.17, 15) is 0 Å². The Morgan fingerprint density at radius 1 is 1.30 bits per heavy atom. The predicted octanol–water partition coefficient (Wildman–Crippen LogP) is 4.74. The van der Waals surface area contributed by atoms with E-state index in [0.29, 0.717) is 11.8 Å². The Balaban J connectivity index is 2.38. The maximum atomic E-state index is 6.05. The van der Waals surface area contributed by atoms with Crippen LogP contribution in [0.3, 0.4) is 0 Å². The molecule has 1 aromatic carbocycles. The number of hydrogen-bond acceptors (Lipinski definition) is 2. The van der Waals surface area contributed by atoms with Gasteiger partial charge < -0.3 is 4.57 Å². The molecule has 0 aliphatic heterocycles. The average Bonchev–Trinajstić information content (AvgIpc) is 2.76. The molecule has 0 aliphatic carbocycles. The Hall–Kier alpha value is -1.13. The standard InChI is InChI=1S/C15H15BrClN3/c1-9(2)8-20-14(6-17)19-13-7-18-12-5-10(16)3-4-11(12)15(13)20/h3-5,7,9H,6,8H2,1-2H3. The van der Waals surface area contributed by atoms with Gasteiger partial charge in [-0.25, -0.2) is 4.98 Å². The number of aromatic nitrogens is 3. The number of nitrogens with zero attached hydrogens (tertiary/aromatic N) is 3. The third kappa shape index (κ3) is 2.31. The van der Waals surface area contributed by atoms with Crippen molar-refractivity contribution in [1.82, 2.24) is 14.5 Å². The number of rotatable bonds is 3. The highest BCUT2D eigenvalue weighted by molar-refractivity contribution is 9.10. The smallest absolute Gasteiger partial charge is 0.124 e. The number of hydrogen-bond donors (Lipinski definition) is 0. The summed E-state index contributed by atoms with van der Waals surface area (Å²) in [7, 11) is 0. The first-order chi connectivity index (χ1) is 9.60. The van der Waals surface area contributed by atoms with Gasteiger partial charge in [-0.1, -0.05) is 29.8 Å². The molecule has 0 N–H and O–H groups in total. The Bertz CT molecular complexity index is 779. The number of benzene rings is 1. The van der Waals surface area contributed by atoms with E-state index in [1.165, 1.54) is 0 Å². The molecule has 0 spiro atoms. The molecule has 0 saturated carbocycles. The van der Waals surface area contributed by atoms with Crippen molar-refractivity contribution < 1.29 is 0 Å². The molecule has 2 heterocycles. The number of fused-ring (bicyclic) bond motifs is 3. The molecular weight excluding hydrogens is 338 g/mol. The molecule has 0 aliphatic rings. The summed E-state index contributed by atoms with van der Waals surface area (Å²) >= 11 is 9.54. The summed E-state index contributed by atoms with van der Waals surface area (Å²) in [4.78, 5) is 9.10. The van der Waals surface area contributed by atoms with Crippen molar-refractivity contribution in [2.24, 2.45) is 5.92 Å². The van der Waals surface area contributed by atoms with E-state index >= 15 is 0 Å². The summed E-state index contributed by atoms with van der Waals surface area (Å²) < 4.78 is 3.26. The van der Waals surface area contributed by atoms with Crippen LogP contribution < -0.4 is 0 Å². The molecule has 0 unspecified atom stereocenters. The summed E-state index contributed by atoms with van der Waals surface area (Å²) in [5.41, 5.74) is 3.01. The largest absolute Gasteiger partial charge is 0.326 e. The number of imidazole rings is 1. The fourth-order valence-corrected chi connectivity index (χ4v) is 3.05. The normalized spacial score (nSPS) is 11.8. The van der Waals surface area contributed by atoms with Crippen LogP contribution in [0, 0.1) is 5.92 Å². The second-order valence-corrected chi connectivity index (χ2v) is 6.50. The van der Waals surface area contributed by atoms with Crippen molar-refractivity contribution in [3.8, 4) is 0 Å². The van der Waals surface area contributed by atoms with Crippen molar-refractivity contribution >= 4 is 49.5 Å². The van der Waals surface area contributed by atoms with Crippen LogP contribution in [0.25, 0.3) is 21.9 Å². The Morgan fingerprint density at radius 2 is 2.10 bits per heavy atom. The van der Waals surface area contributed by atoms with Gasteiger partial charge in [0.2, 0.25) is 0 Å². The highest BCUT2D eigenvalue weighted by Gasteiger charge is 2.14. The van der Waals surface area contributed by atoms with E-state index in [-0.39, 0.29) is 0 Å². The van der Waals surface area contributed by atoms with E-state index in [4.69, 9.17) is 11.6 Å². The Labute approximate surface area is 131 Å². The number of alkyl halides is 1. The van der Waals surface area contributed by atoms with E-state index in [1.54, 1.807) is 0 Å². The summed E-state index contributed by atoms with van der Waals surface area (Å²) in [6.07, 6.45) is 1.83.